The van der Waals surface area contributed by atoms with Crippen molar-refractivity contribution in [2.24, 2.45) is 5.10 Å². The zero-order chi connectivity index (χ0) is 16.5. The highest BCUT2D eigenvalue weighted by Gasteiger charge is 1.98. The number of nitrogens with zero attached hydrogens (tertiary/aromatic N) is 1. The van der Waals surface area contributed by atoms with Gasteiger partial charge in [0.2, 0.25) is 0 Å². The molecule has 2 N–H and O–H groups in total. The smallest absolute Gasteiger partial charge is 0.186 e. The average molecular weight is 348 g/mol. The molecule has 6 heteroatoms. The minimum atomic E-state index is 0.487. The largest absolute Gasteiger partial charge is 0.489 e. The van der Waals surface area contributed by atoms with Gasteiger partial charge < -0.3 is 10.1 Å². The van der Waals surface area contributed by atoms with Crippen LogP contribution in [0.5, 0.6) is 5.75 Å². The summed E-state index contributed by atoms with van der Waals surface area (Å²) >= 11 is 10.9. The molecule has 0 fully saturated rings. The van der Waals surface area contributed by atoms with E-state index in [1.165, 1.54) is 0 Å². The van der Waals surface area contributed by atoms with Gasteiger partial charge in [0.15, 0.2) is 5.11 Å². The number of hydrazone groups is 1. The van der Waals surface area contributed by atoms with Crippen LogP contribution in [0.25, 0.3) is 0 Å². The van der Waals surface area contributed by atoms with Crippen molar-refractivity contribution in [3.05, 3.63) is 64.7 Å². The highest BCUT2D eigenvalue weighted by molar-refractivity contribution is 7.80. The summed E-state index contributed by atoms with van der Waals surface area (Å²) in [5.41, 5.74) is 4.73. The summed E-state index contributed by atoms with van der Waals surface area (Å²) in [4.78, 5) is 0. The van der Waals surface area contributed by atoms with Crippen molar-refractivity contribution in [2.75, 3.05) is 6.54 Å². The maximum absolute atomic E-state index is 5.87. The molecule has 0 amide bonds. The number of rotatable bonds is 6. The third-order valence-corrected chi connectivity index (χ3v) is 3.38. The molecule has 0 saturated heterocycles. The van der Waals surface area contributed by atoms with Crippen molar-refractivity contribution in [2.45, 2.75) is 13.5 Å². The summed E-state index contributed by atoms with van der Waals surface area (Å²) in [6.45, 7) is 3.22. The van der Waals surface area contributed by atoms with Gasteiger partial charge in [0, 0.05) is 11.6 Å². The molecule has 0 aliphatic rings. The molecule has 0 saturated carbocycles. The highest BCUT2D eigenvalue weighted by atomic mass is 35.5. The van der Waals surface area contributed by atoms with Crippen molar-refractivity contribution in [1.82, 2.24) is 10.7 Å². The van der Waals surface area contributed by atoms with E-state index in [1.807, 2.05) is 55.5 Å². The Morgan fingerprint density at radius 1 is 1.26 bits per heavy atom. The van der Waals surface area contributed by atoms with Crippen molar-refractivity contribution in [3.8, 4) is 5.75 Å². The minimum absolute atomic E-state index is 0.487. The van der Waals surface area contributed by atoms with Gasteiger partial charge in [0.25, 0.3) is 0 Å². The Morgan fingerprint density at radius 3 is 2.78 bits per heavy atom. The minimum Gasteiger partial charge on any atom is -0.489 e. The summed E-state index contributed by atoms with van der Waals surface area (Å²) in [7, 11) is 0. The van der Waals surface area contributed by atoms with Gasteiger partial charge in [-0.2, -0.15) is 5.10 Å². The number of hydrogen-bond donors (Lipinski definition) is 2. The molecule has 0 heterocycles. The summed E-state index contributed by atoms with van der Waals surface area (Å²) in [6, 6.07) is 15.3. The molecule has 0 spiro atoms. The van der Waals surface area contributed by atoms with Gasteiger partial charge in [-0.15, -0.1) is 0 Å². The highest BCUT2D eigenvalue weighted by Crippen LogP contribution is 2.15. The zero-order valence-electron chi connectivity index (χ0n) is 12.8. The van der Waals surface area contributed by atoms with Crippen molar-refractivity contribution in [1.29, 1.82) is 0 Å². The van der Waals surface area contributed by atoms with Crippen LogP contribution in [0.4, 0.5) is 0 Å². The predicted octanol–water partition coefficient (Wildman–Crippen LogP) is 3.74. The maximum Gasteiger partial charge on any atom is 0.186 e. The van der Waals surface area contributed by atoms with E-state index in [0.717, 1.165) is 28.4 Å². The number of hydrogen-bond acceptors (Lipinski definition) is 3. The Labute approximate surface area is 146 Å². The molecular weight excluding hydrogens is 330 g/mol. The fourth-order valence-corrected chi connectivity index (χ4v) is 2.12. The second-order valence-corrected chi connectivity index (χ2v) is 5.56. The lowest BCUT2D eigenvalue weighted by atomic mass is 10.2. The number of halogens is 1. The molecule has 0 aromatic heterocycles. The molecule has 0 aliphatic carbocycles. The van der Waals surface area contributed by atoms with Gasteiger partial charge >= 0.3 is 0 Å². The number of nitrogens with one attached hydrogen (secondary N) is 2. The lowest BCUT2D eigenvalue weighted by Gasteiger charge is -2.07. The van der Waals surface area contributed by atoms with E-state index in [2.05, 4.69) is 15.8 Å². The number of thiocarbonyl (C=S) groups is 1. The van der Waals surface area contributed by atoms with E-state index in [-0.39, 0.29) is 0 Å². The van der Waals surface area contributed by atoms with Crippen LogP contribution in [-0.2, 0) is 6.61 Å². The number of benzene rings is 2. The van der Waals surface area contributed by atoms with Gasteiger partial charge in [0.1, 0.15) is 12.4 Å². The molecule has 0 aliphatic heterocycles. The molecule has 0 unspecified atom stereocenters. The van der Waals surface area contributed by atoms with Crippen LogP contribution in [0, 0.1) is 0 Å². The Hall–Kier alpha value is -2.11. The normalized spacial score (nSPS) is 10.5. The summed E-state index contributed by atoms with van der Waals surface area (Å²) in [5.74, 6) is 0.776. The van der Waals surface area contributed by atoms with E-state index in [4.69, 9.17) is 28.6 Å². The number of ether oxygens (including phenoxy) is 1. The fraction of sp³-hybridized carbons (Fsp3) is 0.176. The molecule has 2 aromatic rings. The first-order chi connectivity index (χ1) is 11.2. The monoisotopic (exact) mass is 347 g/mol. The van der Waals surface area contributed by atoms with Crippen LogP contribution in [0.15, 0.2) is 53.6 Å². The fourth-order valence-electron chi connectivity index (χ4n) is 1.80. The van der Waals surface area contributed by atoms with E-state index >= 15 is 0 Å². The summed E-state index contributed by atoms with van der Waals surface area (Å²) in [6.07, 6.45) is 1.69. The molecule has 23 heavy (non-hydrogen) atoms. The zero-order valence-corrected chi connectivity index (χ0v) is 14.3. The molecule has 0 bridgehead atoms. The second kappa shape index (κ2) is 9.12. The molecule has 0 radical (unpaired) electrons. The first-order valence-corrected chi connectivity index (χ1v) is 8.00. The Kier molecular flexibility index (Phi) is 6.84. The van der Waals surface area contributed by atoms with Crippen molar-refractivity contribution in [3.63, 3.8) is 0 Å². The van der Waals surface area contributed by atoms with Crippen LogP contribution in [0.1, 0.15) is 18.1 Å². The van der Waals surface area contributed by atoms with Crippen LogP contribution in [0.3, 0.4) is 0 Å². The average Bonchev–Trinajstić information content (AvgIpc) is 2.55. The second-order valence-electron chi connectivity index (χ2n) is 4.72. The standard InChI is InChI=1S/C17H18ClN3OS/c1-2-19-17(23)21-20-11-14-4-3-5-16(10-14)22-12-13-6-8-15(18)9-7-13/h3-11H,2,12H2,1H3,(H2,19,21,23)/b20-11-. The maximum atomic E-state index is 5.87. The van der Waals surface area contributed by atoms with Crippen molar-refractivity contribution < 1.29 is 4.74 Å². The quantitative estimate of drug-likeness (QED) is 0.475. The van der Waals surface area contributed by atoms with E-state index in [9.17, 15) is 0 Å². The summed E-state index contributed by atoms with van der Waals surface area (Å²) < 4.78 is 5.78. The third-order valence-electron chi connectivity index (χ3n) is 2.89. The topological polar surface area (TPSA) is 45.7 Å². The van der Waals surface area contributed by atoms with Gasteiger partial charge in [-0.1, -0.05) is 35.9 Å². The molecule has 2 aromatic carbocycles. The van der Waals surface area contributed by atoms with Crippen molar-refractivity contribution >= 4 is 35.1 Å². The molecule has 0 atom stereocenters. The Morgan fingerprint density at radius 2 is 2.04 bits per heavy atom. The van der Waals surface area contributed by atoms with E-state index in [0.29, 0.717) is 11.7 Å². The molecule has 4 nitrogen and oxygen atoms in total. The van der Waals surface area contributed by atoms with Crippen LogP contribution < -0.4 is 15.5 Å². The predicted molar refractivity (Wildman–Crippen MR) is 99.2 cm³/mol. The molecular formula is C17H18ClN3OS. The molecule has 2 rings (SSSR count). The van der Waals surface area contributed by atoms with Crippen LogP contribution in [-0.4, -0.2) is 17.9 Å². The Bertz CT molecular complexity index is 674. The van der Waals surface area contributed by atoms with Gasteiger partial charge in [-0.25, -0.2) is 0 Å². The van der Waals surface area contributed by atoms with Gasteiger partial charge in [-0.3, -0.25) is 5.43 Å². The first kappa shape index (κ1) is 17.2. The lowest BCUT2D eigenvalue weighted by molar-refractivity contribution is 0.306. The van der Waals surface area contributed by atoms with E-state index < -0.39 is 0 Å². The lowest BCUT2D eigenvalue weighted by Crippen LogP contribution is -2.31. The Balaban J connectivity index is 1.90. The van der Waals surface area contributed by atoms with Crippen LogP contribution in [0.2, 0.25) is 5.02 Å². The van der Waals surface area contributed by atoms with Crippen LogP contribution >= 0.6 is 23.8 Å². The SMILES string of the molecule is CCNC(=S)N/N=C\c1cccc(OCc2ccc(Cl)cc2)c1. The van der Waals surface area contributed by atoms with E-state index in [1.54, 1.807) is 6.21 Å². The van der Waals surface area contributed by atoms with Gasteiger partial charge in [-0.05, 0) is 54.5 Å². The molecule has 120 valence electrons. The third kappa shape index (κ3) is 6.26. The van der Waals surface area contributed by atoms with Gasteiger partial charge in [0.05, 0.1) is 6.21 Å². The first-order valence-electron chi connectivity index (χ1n) is 7.21. The summed E-state index contributed by atoms with van der Waals surface area (Å²) in [5, 5.41) is 8.25.